The van der Waals surface area contributed by atoms with Crippen LogP contribution in [0.4, 0.5) is 0 Å². The average molecular weight is 222 g/mol. The maximum absolute atomic E-state index is 5.51. The van der Waals surface area contributed by atoms with E-state index in [-0.39, 0.29) is 11.2 Å². The van der Waals surface area contributed by atoms with Gasteiger partial charge in [0.2, 0.25) is 0 Å². The van der Waals surface area contributed by atoms with Crippen molar-refractivity contribution in [3.8, 4) is 0 Å². The molecule has 0 spiro atoms. The van der Waals surface area contributed by atoms with Gasteiger partial charge >= 0.3 is 76.6 Å². The van der Waals surface area contributed by atoms with Crippen LogP contribution in [0.3, 0.4) is 0 Å². The minimum absolute atomic E-state index is 0.0503. The molecular weight excluding hydrogens is 203 g/mol. The summed E-state index contributed by atoms with van der Waals surface area (Å²) in [5.41, 5.74) is -0.101. The van der Waals surface area contributed by atoms with Crippen LogP contribution in [0.25, 0.3) is 0 Å². The molecule has 0 amide bonds. The van der Waals surface area contributed by atoms with E-state index in [4.69, 9.17) is 7.45 Å². The van der Waals surface area contributed by atoms with Crippen molar-refractivity contribution in [2.45, 2.75) is 52.7 Å². The van der Waals surface area contributed by atoms with Crippen LogP contribution in [-0.2, 0) is 7.45 Å². The quantitative estimate of drug-likeness (QED) is 0.664. The third kappa shape index (κ3) is 10.5. The van der Waals surface area contributed by atoms with Gasteiger partial charge in [-0.05, 0) is 0 Å². The van der Waals surface area contributed by atoms with Gasteiger partial charge < -0.3 is 0 Å². The van der Waals surface area contributed by atoms with Crippen molar-refractivity contribution in [3.05, 3.63) is 0 Å². The fourth-order valence-corrected chi connectivity index (χ4v) is 1.41. The molecule has 0 atom stereocenters. The Morgan fingerprint density at radius 2 is 1.00 bits per heavy atom. The molecule has 0 rings (SSSR count). The fraction of sp³-hybridized carbons (Fsp3) is 1.00. The van der Waals surface area contributed by atoms with Gasteiger partial charge in [0.25, 0.3) is 0 Å². The summed E-state index contributed by atoms with van der Waals surface area (Å²) in [4.78, 5) is 0. The molecule has 0 N–H and O–H groups in total. The zero-order chi connectivity index (χ0) is 9.12. The van der Waals surface area contributed by atoms with Crippen LogP contribution in [-0.4, -0.2) is 27.6 Å². The van der Waals surface area contributed by atoms with Crippen LogP contribution in [0.2, 0.25) is 0 Å². The van der Waals surface area contributed by atoms with E-state index >= 15 is 0 Å². The second-order valence-corrected chi connectivity index (χ2v) is 5.72. The summed E-state index contributed by atoms with van der Waals surface area (Å²) in [6, 6.07) is 0. The van der Waals surface area contributed by atoms with Crippen LogP contribution < -0.4 is 0 Å². The SMILES string of the molecule is CC(C)(C)O[AsH]OC(C)(C)C. The standard InChI is InChI=1S/C8H19AsO2/c1-7(2,3)10-9-11-8(4,5)6/h9H,1-6H3. The van der Waals surface area contributed by atoms with E-state index in [9.17, 15) is 0 Å². The molecule has 2 nitrogen and oxygen atoms in total. The first-order chi connectivity index (χ1) is 4.71. The third-order valence-electron chi connectivity index (χ3n) is 0.696. The van der Waals surface area contributed by atoms with Gasteiger partial charge in [-0.25, -0.2) is 0 Å². The van der Waals surface area contributed by atoms with Gasteiger partial charge in [-0.3, -0.25) is 0 Å². The van der Waals surface area contributed by atoms with Crippen LogP contribution in [0.1, 0.15) is 41.5 Å². The molecule has 11 heavy (non-hydrogen) atoms. The summed E-state index contributed by atoms with van der Waals surface area (Å²) < 4.78 is 11.0. The topological polar surface area (TPSA) is 18.5 Å². The van der Waals surface area contributed by atoms with E-state index < -0.39 is 16.4 Å². The monoisotopic (exact) mass is 222 g/mol. The molecule has 0 radical (unpaired) electrons. The molecule has 0 aromatic carbocycles. The Morgan fingerprint density at radius 1 is 0.727 bits per heavy atom. The van der Waals surface area contributed by atoms with E-state index in [0.29, 0.717) is 0 Å². The third-order valence-corrected chi connectivity index (χ3v) is 3.61. The Balaban J connectivity index is 3.44. The number of hydrogen-bond donors (Lipinski definition) is 0. The first kappa shape index (κ1) is 11.5. The summed E-state index contributed by atoms with van der Waals surface area (Å²) >= 11 is -0.681. The summed E-state index contributed by atoms with van der Waals surface area (Å²) in [6.45, 7) is 12.3. The number of hydrogen-bond acceptors (Lipinski definition) is 2. The molecule has 0 unspecified atom stereocenters. The molecule has 0 aliphatic rings. The van der Waals surface area contributed by atoms with Gasteiger partial charge in [0.05, 0.1) is 0 Å². The van der Waals surface area contributed by atoms with Gasteiger partial charge in [-0.2, -0.15) is 0 Å². The maximum atomic E-state index is 5.51. The Hall–Kier alpha value is 0.478. The Morgan fingerprint density at radius 3 is 1.18 bits per heavy atom. The zero-order valence-electron chi connectivity index (χ0n) is 8.32. The van der Waals surface area contributed by atoms with E-state index in [1.807, 2.05) is 41.5 Å². The molecule has 0 saturated carbocycles. The van der Waals surface area contributed by atoms with Crippen LogP contribution in [0.5, 0.6) is 0 Å². The van der Waals surface area contributed by atoms with E-state index in [1.54, 1.807) is 0 Å². The summed E-state index contributed by atoms with van der Waals surface area (Å²) in [5.74, 6) is 0. The normalized spacial score (nSPS) is 13.6. The van der Waals surface area contributed by atoms with E-state index in [2.05, 4.69) is 0 Å². The predicted molar refractivity (Wildman–Crippen MR) is 48.8 cm³/mol. The van der Waals surface area contributed by atoms with Gasteiger partial charge in [-0.1, -0.05) is 0 Å². The predicted octanol–water partition coefficient (Wildman–Crippen LogP) is 1.88. The van der Waals surface area contributed by atoms with Gasteiger partial charge in [0, 0.05) is 0 Å². The van der Waals surface area contributed by atoms with E-state index in [1.165, 1.54) is 0 Å². The van der Waals surface area contributed by atoms with Gasteiger partial charge in [0.15, 0.2) is 0 Å². The van der Waals surface area contributed by atoms with Gasteiger partial charge in [0.1, 0.15) is 0 Å². The molecule has 0 fully saturated rings. The van der Waals surface area contributed by atoms with Crippen LogP contribution in [0.15, 0.2) is 0 Å². The molecule has 0 aromatic rings. The Kier molecular flexibility index (Phi) is 4.10. The summed E-state index contributed by atoms with van der Waals surface area (Å²) in [5, 5.41) is 0. The van der Waals surface area contributed by atoms with Crippen molar-refractivity contribution < 1.29 is 7.45 Å². The molecule has 0 aromatic heterocycles. The Labute approximate surface area is 77.0 Å². The molecule has 0 aliphatic carbocycles. The van der Waals surface area contributed by atoms with E-state index in [0.717, 1.165) is 0 Å². The van der Waals surface area contributed by atoms with Crippen LogP contribution in [0, 0.1) is 0 Å². The fourth-order valence-electron chi connectivity index (χ4n) is 0.271. The zero-order valence-corrected chi connectivity index (χ0v) is 10.4. The first-order valence-corrected chi connectivity index (χ1v) is 5.53. The second-order valence-electron chi connectivity index (χ2n) is 4.51. The van der Waals surface area contributed by atoms with Crippen molar-refractivity contribution in [1.29, 1.82) is 0 Å². The van der Waals surface area contributed by atoms with Crippen LogP contribution >= 0.6 is 0 Å². The molecule has 0 bridgehead atoms. The molecule has 3 heteroatoms. The van der Waals surface area contributed by atoms with Crippen molar-refractivity contribution in [2.75, 3.05) is 0 Å². The number of rotatable bonds is 2. The average Bonchev–Trinajstić information content (AvgIpc) is 1.55. The molecule has 68 valence electrons. The van der Waals surface area contributed by atoms with Gasteiger partial charge in [-0.15, -0.1) is 0 Å². The van der Waals surface area contributed by atoms with Crippen molar-refractivity contribution in [3.63, 3.8) is 0 Å². The van der Waals surface area contributed by atoms with Crippen molar-refractivity contribution >= 4 is 16.4 Å². The molecular formula is C8H19AsO2. The molecule has 0 saturated heterocycles. The Bertz CT molecular complexity index is 96.2. The first-order valence-electron chi connectivity index (χ1n) is 3.82. The minimum atomic E-state index is -0.681. The second kappa shape index (κ2) is 3.93. The summed E-state index contributed by atoms with van der Waals surface area (Å²) in [7, 11) is 0. The van der Waals surface area contributed by atoms with Crippen molar-refractivity contribution in [2.24, 2.45) is 0 Å². The molecule has 0 heterocycles. The molecule has 0 aliphatic heterocycles. The van der Waals surface area contributed by atoms with Crippen molar-refractivity contribution in [1.82, 2.24) is 0 Å². The summed E-state index contributed by atoms with van der Waals surface area (Å²) in [6.07, 6.45) is 0.